The third-order valence-corrected chi connectivity index (χ3v) is 5.40. The van der Waals surface area contributed by atoms with Gasteiger partial charge in [0, 0.05) is 12.0 Å². The minimum atomic E-state index is -0.720. The third-order valence-electron chi connectivity index (χ3n) is 5.40. The van der Waals surface area contributed by atoms with E-state index >= 15 is 0 Å². The van der Waals surface area contributed by atoms with E-state index in [1.807, 2.05) is 13.8 Å². The molecule has 2 rings (SSSR count). The second kappa shape index (κ2) is 6.77. The van der Waals surface area contributed by atoms with Gasteiger partial charge >= 0.3 is 5.97 Å². The Kier molecular flexibility index (Phi) is 5.25. The lowest BCUT2D eigenvalue weighted by Gasteiger charge is -2.36. The number of amides is 1. The highest BCUT2D eigenvalue weighted by Crippen LogP contribution is 2.34. The predicted molar refractivity (Wildman–Crippen MR) is 80.9 cm³/mol. The highest BCUT2D eigenvalue weighted by molar-refractivity contribution is 5.82. The summed E-state index contributed by atoms with van der Waals surface area (Å²) in [6, 6.07) is 0. The number of hydrogen-bond acceptors (Lipinski definition) is 3. The van der Waals surface area contributed by atoms with Crippen molar-refractivity contribution < 1.29 is 14.7 Å². The molecule has 1 saturated heterocycles. The maximum atomic E-state index is 12.5. The molecule has 0 spiro atoms. The Balaban J connectivity index is 1.87. The van der Waals surface area contributed by atoms with Gasteiger partial charge in [-0.2, -0.15) is 0 Å². The highest BCUT2D eigenvalue weighted by atomic mass is 16.4. The van der Waals surface area contributed by atoms with Crippen molar-refractivity contribution >= 4 is 11.9 Å². The van der Waals surface area contributed by atoms with E-state index in [1.165, 1.54) is 0 Å². The minimum absolute atomic E-state index is 0.0623. The summed E-state index contributed by atoms with van der Waals surface area (Å²) in [5.41, 5.74) is -0.398. The van der Waals surface area contributed by atoms with Crippen molar-refractivity contribution in [3.8, 4) is 0 Å². The number of carboxylic acids is 1. The molecule has 1 amide bonds. The van der Waals surface area contributed by atoms with Gasteiger partial charge in [0.25, 0.3) is 0 Å². The maximum absolute atomic E-state index is 12.5. The van der Waals surface area contributed by atoms with Crippen molar-refractivity contribution in [3.63, 3.8) is 0 Å². The topological polar surface area (TPSA) is 78.4 Å². The molecule has 0 bridgehead atoms. The summed E-state index contributed by atoms with van der Waals surface area (Å²) in [6.07, 6.45) is 4.79. The van der Waals surface area contributed by atoms with E-state index in [0.717, 1.165) is 45.2 Å². The van der Waals surface area contributed by atoms with Crippen LogP contribution in [0.15, 0.2) is 0 Å². The average molecular weight is 296 g/mol. The number of rotatable bonds is 5. The fraction of sp³-hybridized carbons (Fsp3) is 0.875. The van der Waals surface area contributed by atoms with Crippen molar-refractivity contribution in [2.45, 2.75) is 46.0 Å². The van der Waals surface area contributed by atoms with Gasteiger partial charge in [-0.3, -0.25) is 9.59 Å². The molecule has 2 fully saturated rings. The van der Waals surface area contributed by atoms with E-state index in [1.54, 1.807) is 0 Å². The van der Waals surface area contributed by atoms with Crippen LogP contribution in [0.3, 0.4) is 0 Å². The lowest BCUT2D eigenvalue weighted by Crippen LogP contribution is -2.48. The number of aliphatic carboxylic acids is 1. The van der Waals surface area contributed by atoms with E-state index in [4.69, 9.17) is 0 Å². The molecule has 21 heavy (non-hydrogen) atoms. The van der Waals surface area contributed by atoms with Gasteiger partial charge in [-0.15, -0.1) is 0 Å². The first-order valence-electron chi connectivity index (χ1n) is 8.14. The van der Waals surface area contributed by atoms with Gasteiger partial charge in [0.2, 0.25) is 5.91 Å². The van der Waals surface area contributed by atoms with Crippen LogP contribution in [0.1, 0.15) is 46.0 Å². The van der Waals surface area contributed by atoms with Gasteiger partial charge in [0.15, 0.2) is 0 Å². The summed E-state index contributed by atoms with van der Waals surface area (Å²) < 4.78 is 0. The Morgan fingerprint density at radius 1 is 1.24 bits per heavy atom. The Bertz CT molecular complexity index is 389. The predicted octanol–water partition coefficient (Wildman–Crippen LogP) is 1.63. The zero-order valence-corrected chi connectivity index (χ0v) is 13.2. The molecule has 0 radical (unpaired) electrons. The number of carbonyl (C=O) groups excluding carboxylic acids is 1. The molecule has 1 aliphatic carbocycles. The van der Waals surface area contributed by atoms with Crippen molar-refractivity contribution in [1.29, 1.82) is 0 Å². The van der Waals surface area contributed by atoms with Gasteiger partial charge < -0.3 is 15.7 Å². The second-order valence-corrected chi connectivity index (χ2v) is 7.11. The van der Waals surface area contributed by atoms with E-state index in [2.05, 4.69) is 10.6 Å². The van der Waals surface area contributed by atoms with Crippen LogP contribution in [0, 0.1) is 23.2 Å². The Morgan fingerprint density at radius 2 is 2.00 bits per heavy atom. The minimum Gasteiger partial charge on any atom is -0.481 e. The summed E-state index contributed by atoms with van der Waals surface area (Å²) in [5.74, 6) is -0.503. The van der Waals surface area contributed by atoms with Crippen molar-refractivity contribution in [3.05, 3.63) is 0 Å². The van der Waals surface area contributed by atoms with Gasteiger partial charge in [-0.1, -0.05) is 20.3 Å². The second-order valence-electron chi connectivity index (χ2n) is 7.11. The van der Waals surface area contributed by atoms with E-state index in [0.29, 0.717) is 12.5 Å². The molecule has 2 aliphatic rings. The molecular formula is C16H28N2O3. The van der Waals surface area contributed by atoms with Crippen molar-refractivity contribution in [1.82, 2.24) is 10.6 Å². The van der Waals surface area contributed by atoms with Crippen LogP contribution in [0.2, 0.25) is 0 Å². The fourth-order valence-electron chi connectivity index (χ4n) is 3.71. The molecule has 5 heteroatoms. The average Bonchev–Trinajstić information content (AvgIpc) is 2.94. The Morgan fingerprint density at radius 3 is 2.62 bits per heavy atom. The Hall–Kier alpha value is -1.10. The third kappa shape index (κ3) is 3.76. The number of hydrogen-bond donors (Lipinski definition) is 3. The van der Waals surface area contributed by atoms with Crippen molar-refractivity contribution in [2.24, 2.45) is 23.2 Å². The van der Waals surface area contributed by atoms with Crippen LogP contribution in [0.5, 0.6) is 0 Å². The summed E-state index contributed by atoms with van der Waals surface area (Å²) in [4.78, 5) is 23.7. The molecular weight excluding hydrogens is 268 g/mol. The quantitative estimate of drug-likeness (QED) is 0.720. The number of carbonyl (C=O) groups is 2. The highest BCUT2D eigenvalue weighted by Gasteiger charge is 2.38. The lowest BCUT2D eigenvalue weighted by atomic mass is 9.74. The fourth-order valence-corrected chi connectivity index (χ4v) is 3.71. The summed E-state index contributed by atoms with van der Waals surface area (Å²) >= 11 is 0. The van der Waals surface area contributed by atoms with Crippen LogP contribution in [-0.4, -0.2) is 36.6 Å². The molecule has 1 aliphatic heterocycles. The van der Waals surface area contributed by atoms with Crippen LogP contribution in [0.25, 0.3) is 0 Å². The van der Waals surface area contributed by atoms with E-state index < -0.39 is 11.4 Å². The van der Waals surface area contributed by atoms with Crippen LogP contribution < -0.4 is 10.6 Å². The maximum Gasteiger partial charge on any atom is 0.306 e. The van der Waals surface area contributed by atoms with E-state index in [-0.39, 0.29) is 17.7 Å². The molecule has 1 heterocycles. The summed E-state index contributed by atoms with van der Waals surface area (Å²) in [7, 11) is 0. The smallest absolute Gasteiger partial charge is 0.306 e. The van der Waals surface area contributed by atoms with Crippen LogP contribution >= 0.6 is 0 Å². The van der Waals surface area contributed by atoms with Gasteiger partial charge in [-0.05, 0) is 50.6 Å². The van der Waals surface area contributed by atoms with E-state index in [9.17, 15) is 14.7 Å². The molecule has 0 aromatic rings. The van der Waals surface area contributed by atoms with Crippen LogP contribution in [-0.2, 0) is 9.59 Å². The van der Waals surface area contributed by atoms with Crippen LogP contribution in [0.4, 0.5) is 0 Å². The largest absolute Gasteiger partial charge is 0.481 e. The zero-order valence-electron chi connectivity index (χ0n) is 13.2. The number of piperidine rings is 1. The molecule has 120 valence electrons. The Labute approximate surface area is 126 Å². The molecule has 3 unspecified atom stereocenters. The number of carboxylic acid groups (broad SMARTS) is 1. The molecule has 5 nitrogen and oxygen atoms in total. The summed E-state index contributed by atoms with van der Waals surface area (Å²) in [6.45, 7) is 6.43. The molecule has 3 N–H and O–H groups in total. The first kappa shape index (κ1) is 16.3. The summed E-state index contributed by atoms with van der Waals surface area (Å²) in [5, 5.41) is 15.6. The lowest BCUT2D eigenvalue weighted by molar-refractivity contribution is -0.143. The first-order valence-corrected chi connectivity index (χ1v) is 8.14. The normalized spacial score (nSPS) is 30.1. The first-order chi connectivity index (χ1) is 9.93. The molecule has 1 saturated carbocycles. The molecule has 0 aromatic heterocycles. The van der Waals surface area contributed by atoms with Gasteiger partial charge in [0.05, 0.1) is 5.92 Å². The van der Waals surface area contributed by atoms with Gasteiger partial charge in [-0.25, -0.2) is 0 Å². The zero-order chi connectivity index (χ0) is 15.5. The monoisotopic (exact) mass is 296 g/mol. The van der Waals surface area contributed by atoms with Crippen molar-refractivity contribution in [2.75, 3.05) is 19.6 Å². The number of nitrogens with one attached hydrogen (secondary N) is 2. The molecule has 3 atom stereocenters. The van der Waals surface area contributed by atoms with Gasteiger partial charge in [0.1, 0.15) is 0 Å². The SMILES string of the molecule is CC(C)(C(=O)NCC1CCCC1C(=O)O)C1CCCNC1. The standard InChI is InChI=1S/C16H28N2O3/c1-16(2,12-6-4-8-17-10-12)15(21)18-9-11-5-3-7-13(11)14(19)20/h11-13,17H,3-10H2,1-2H3,(H,18,21)(H,19,20). The molecule has 0 aromatic carbocycles.